The van der Waals surface area contributed by atoms with Gasteiger partial charge in [0, 0.05) is 12.6 Å². The zero-order valence-electron chi connectivity index (χ0n) is 9.05. The average Bonchev–Trinajstić information content (AvgIpc) is 2.25. The van der Waals surface area contributed by atoms with Gasteiger partial charge in [-0.1, -0.05) is 24.3 Å². The summed E-state index contributed by atoms with van der Waals surface area (Å²) in [5, 5.41) is 0. The standard InChI is InChI=1S/C12H12F3N/c1-3-6-11(16-2)9-7-4-5-8-10(9)12(13,14)15/h3-8H,1-2H3. The SMILES string of the molecule is CC=CC(=NC)c1ccccc1C(F)(F)F. The predicted octanol–water partition coefficient (Wildman–Crippen LogP) is 3.70. The molecule has 0 aliphatic carbocycles. The lowest BCUT2D eigenvalue weighted by Crippen LogP contribution is -2.12. The normalized spacial score (nSPS) is 13.4. The summed E-state index contributed by atoms with van der Waals surface area (Å²) < 4.78 is 38.1. The Morgan fingerprint density at radius 2 is 1.88 bits per heavy atom. The lowest BCUT2D eigenvalue weighted by molar-refractivity contribution is -0.137. The molecule has 0 heterocycles. The molecule has 0 bridgehead atoms. The van der Waals surface area contributed by atoms with E-state index in [-0.39, 0.29) is 5.56 Å². The van der Waals surface area contributed by atoms with E-state index in [0.717, 1.165) is 6.07 Å². The number of hydrogen-bond acceptors (Lipinski definition) is 1. The van der Waals surface area contributed by atoms with E-state index in [4.69, 9.17) is 0 Å². The highest BCUT2D eigenvalue weighted by Gasteiger charge is 2.33. The van der Waals surface area contributed by atoms with E-state index < -0.39 is 11.7 Å². The van der Waals surface area contributed by atoms with Crippen molar-refractivity contribution in [3.63, 3.8) is 0 Å². The van der Waals surface area contributed by atoms with Crippen LogP contribution in [0.1, 0.15) is 18.1 Å². The van der Waals surface area contributed by atoms with E-state index in [9.17, 15) is 13.2 Å². The Morgan fingerprint density at radius 1 is 1.25 bits per heavy atom. The minimum Gasteiger partial charge on any atom is -0.288 e. The van der Waals surface area contributed by atoms with Crippen molar-refractivity contribution >= 4 is 5.71 Å². The lowest BCUT2D eigenvalue weighted by Gasteiger charge is -2.12. The van der Waals surface area contributed by atoms with E-state index in [1.165, 1.54) is 19.2 Å². The third-order valence-corrected chi connectivity index (χ3v) is 2.07. The van der Waals surface area contributed by atoms with Crippen molar-refractivity contribution in [2.75, 3.05) is 7.05 Å². The molecule has 1 rings (SSSR count). The summed E-state index contributed by atoms with van der Waals surface area (Å²) in [6.07, 6.45) is -1.13. The molecular formula is C12H12F3N. The Bertz CT molecular complexity index is 417. The van der Waals surface area contributed by atoms with Gasteiger partial charge in [-0.3, -0.25) is 4.99 Å². The fourth-order valence-corrected chi connectivity index (χ4v) is 1.40. The number of benzene rings is 1. The molecule has 0 atom stereocenters. The van der Waals surface area contributed by atoms with Gasteiger partial charge in [-0.2, -0.15) is 13.2 Å². The molecule has 0 aromatic heterocycles. The van der Waals surface area contributed by atoms with E-state index in [1.807, 2.05) is 0 Å². The maximum Gasteiger partial charge on any atom is 0.417 e. The third-order valence-electron chi connectivity index (χ3n) is 2.07. The molecule has 0 radical (unpaired) electrons. The molecule has 0 aliphatic rings. The van der Waals surface area contributed by atoms with Crippen LogP contribution in [0.4, 0.5) is 13.2 Å². The molecule has 0 aliphatic heterocycles. The molecule has 1 nitrogen and oxygen atoms in total. The molecule has 0 saturated carbocycles. The highest BCUT2D eigenvalue weighted by molar-refractivity contribution is 6.09. The summed E-state index contributed by atoms with van der Waals surface area (Å²) in [5.41, 5.74) is -0.222. The van der Waals surface area contributed by atoms with Crippen LogP contribution in [0, 0.1) is 0 Å². The van der Waals surface area contributed by atoms with Crippen LogP contribution < -0.4 is 0 Å². The van der Waals surface area contributed by atoms with E-state index in [1.54, 1.807) is 25.1 Å². The Hall–Kier alpha value is -1.58. The number of nitrogens with zero attached hydrogens (tertiary/aromatic N) is 1. The van der Waals surface area contributed by atoms with Crippen molar-refractivity contribution in [3.05, 3.63) is 47.5 Å². The summed E-state index contributed by atoms with van der Waals surface area (Å²) in [4.78, 5) is 3.85. The number of hydrogen-bond donors (Lipinski definition) is 0. The topological polar surface area (TPSA) is 12.4 Å². The van der Waals surface area contributed by atoms with Crippen molar-refractivity contribution in [3.8, 4) is 0 Å². The highest BCUT2D eigenvalue weighted by atomic mass is 19.4. The Labute approximate surface area is 92.3 Å². The van der Waals surface area contributed by atoms with Crippen molar-refractivity contribution in [1.29, 1.82) is 0 Å². The van der Waals surface area contributed by atoms with Gasteiger partial charge in [0.1, 0.15) is 0 Å². The molecule has 0 N–H and O–H groups in total. The zero-order valence-corrected chi connectivity index (χ0v) is 9.05. The summed E-state index contributed by atoms with van der Waals surface area (Å²) in [6.45, 7) is 1.74. The van der Waals surface area contributed by atoms with Gasteiger partial charge < -0.3 is 0 Å². The Kier molecular flexibility index (Phi) is 3.88. The quantitative estimate of drug-likeness (QED) is 0.683. The molecule has 0 unspecified atom stereocenters. The molecule has 0 spiro atoms. The molecule has 86 valence electrons. The Balaban J connectivity index is 3.34. The smallest absolute Gasteiger partial charge is 0.288 e. The molecule has 16 heavy (non-hydrogen) atoms. The largest absolute Gasteiger partial charge is 0.417 e. The first-order valence-electron chi connectivity index (χ1n) is 4.76. The van der Waals surface area contributed by atoms with Crippen LogP contribution in [0.2, 0.25) is 0 Å². The second-order valence-corrected chi connectivity index (χ2v) is 3.15. The van der Waals surface area contributed by atoms with Gasteiger partial charge in [-0.25, -0.2) is 0 Å². The molecule has 0 saturated heterocycles. The third kappa shape index (κ3) is 2.72. The van der Waals surface area contributed by atoms with Gasteiger partial charge in [0.2, 0.25) is 0 Å². The molecule has 0 fully saturated rings. The first kappa shape index (κ1) is 12.5. The van der Waals surface area contributed by atoms with Crippen molar-refractivity contribution in [2.24, 2.45) is 4.99 Å². The second kappa shape index (κ2) is 4.96. The van der Waals surface area contributed by atoms with Crippen LogP contribution in [0.5, 0.6) is 0 Å². The molecule has 4 heteroatoms. The van der Waals surface area contributed by atoms with Gasteiger partial charge in [0.25, 0.3) is 0 Å². The highest BCUT2D eigenvalue weighted by Crippen LogP contribution is 2.32. The van der Waals surface area contributed by atoms with Crippen molar-refractivity contribution < 1.29 is 13.2 Å². The van der Waals surface area contributed by atoms with Gasteiger partial charge in [0.15, 0.2) is 0 Å². The fourth-order valence-electron chi connectivity index (χ4n) is 1.40. The van der Waals surface area contributed by atoms with Crippen LogP contribution in [-0.2, 0) is 6.18 Å². The summed E-state index contributed by atoms with van der Waals surface area (Å²) in [6, 6.07) is 5.42. The van der Waals surface area contributed by atoms with E-state index >= 15 is 0 Å². The van der Waals surface area contributed by atoms with Gasteiger partial charge >= 0.3 is 6.18 Å². The fraction of sp³-hybridized carbons (Fsp3) is 0.250. The van der Waals surface area contributed by atoms with Gasteiger partial charge in [-0.05, 0) is 19.1 Å². The first-order valence-corrected chi connectivity index (χ1v) is 4.76. The van der Waals surface area contributed by atoms with Crippen LogP contribution in [0.25, 0.3) is 0 Å². The van der Waals surface area contributed by atoms with Crippen molar-refractivity contribution in [2.45, 2.75) is 13.1 Å². The minimum atomic E-state index is -4.35. The van der Waals surface area contributed by atoms with Crippen molar-refractivity contribution in [1.82, 2.24) is 0 Å². The number of alkyl halides is 3. The number of rotatable bonds is 2. The summed E-state index contributed by atoms with van der Waals surface area (Å²) >= 11 is 0. The second-order valence-electron chi connectivity index (χ2n) is 3.15. The minimum absolute atomic E-state index is 0.107. The summed E-state index contributed by atoms with van der Waals surface area (Å²) in [5.74, 6) is 0. The number of allylic oxidation sites excluding steroid dienone is 2. The monoisotopic (exact) mass is 227 g/mol. The first-order chi connectivity index (χ1) is 7.50. The molecule has 1 aromatic carbocycles. The van der Waals surface area contributed by atoms with Gasteiger partial charge in [0.05, 0.1) is 11.3 Å². The van der Waals surface area contributed by atoms with Crippen LogP contribution >= 0.6 is 0 Å². The number of halogens is 3. The summed E-state index contributed by atoms with van der Waals surface area (Å²) in [7, 11) is 1.47. The Morgan fingerprint density at radius 3 is 2.38 bits per heavy atom. The molecule has 1 aromatic rings. The zero-order chi connectivity index (χ0) is 12.2. The molecule has 0 amide bonds. The van der Waals surface area contributed by atoms with Crippen LogP contribution in [0.15, 0.2) is 41.4 Å². The number of aliphatic imine (C=N–C) groups is 1. The van der Waals surface area contributed by atoms with E-state index in [0.29, 0.717) is 5.71 Å². The predicted molar refractivity (Wildman–Crippen MR) is 58.7 cm³/mol. The maximum absolute atomic E-state index is 12.7. The van der Waals surface area contributed by atoms with Crippen LogP contribution in [0.3, 0.4) is 0 Å². The maximum atomic E-state index is 12.7. The van der Waals surface area contributed by atoms with Gasteiger partial charge in [-0.15, -0.1) is 0 Å². The van der Waals surface area contributed by atoms with Crippen LogP contribution in [-0.4, -0.2) is 12.8 Å². The lowest BCUT2D eigenvalue weighted by atomic mass is 10.0. The average molecular weight is 227 g/mol. The molecular weight excluding hydrogens is 215 g/mol. The van der Waals surface area contributed by atoms with E-state index in [2.05, 4.69) is 4.99 Å².